The van der Waals surface area contributed by atoms with E-state index < -0.39 is 10.0 Å². The van der Waals surface area contributed by atoms with Crippen molar-refractivity contribution in [1.82, 2.24) is 0 Å². The maximum Gasteiger partial charge on any atom is 0.262 e. The van der Waals surface area contributed by atoms with E-state index in [2.05, 4.69) is 4.72 Å². The zero-order chi connectivity index (χ0) is 15.6. The molecule has 21 heavy (non-hydrogen) atoms. The van der Waals surface area contributed by atoms with E-state index in [0.29, 0.717) is 22.5 Å². The Morgan fingerprint density at radius 2 is 1.95 bits per heavy atom. The fraction of sp³-hybridized carbons (Fsp3) is 0.0714. The van der Waals surface area contributed by atoms with Crippen LogP contribution in [-0.2, 0) is 10.0 Å². The first-order chi connectivity index (χ1) is 9.83. The second-order valence-electron chi connectivity index (χ2n) is 4.43. The Morgan fingerprint density at radius 3 is 2.52 bits per heavy atom. The smallest absolute Gasteiger partial charge is 0.262 e. The van der Waals surface area contributed by atoms with Crippen LogP contribution in [0.2, 0.25) is 5.02 Å². The quantitative estimate of drug-likeness (QED) is 0.849. The van der Waals surface area contributed by atoms with Crippen LogP contribution in [0.15, 0.2) is 41.3 Å². The largest absolute Gasteiger partial charge is 0.398 e. The molecule has 3 N–H and O–H groups in total. The van der Waals surface area contributed by atoms with Gasteiger partial charge in [-0.3, -0.25) is 4.72 Å². The lowest BCUT2D eigenvalue weighted by atomic mass is 10.2. The Bertz CT molecular complexity index is 842. The van der Waals surface area contributed by atoms with Crippen molar-refractivity contribution in [3.63, 3.8) is 0 Å². The minimum atomic E-state index is -3.76. The van der Waals surface area contributed by atoms with E-state index in [4.69, 9.17) is 22.6 Å². The highest BCUT2D eigenvalue weighted by Gasteiger charge is 2.17. The Labute approximate surface area is 128 Å². The second kappa shape index (κ2) is 5.64. The Kier molecular flexibility index (Phi) is 4.07. The first-order valence-electron chi connectivity index (χ1n) is 5.92. The molecule has 0 amide bonds. The van der Waals surface area contributed by atoms with Crippen LogP contribution in [0.1, 0.15) is 11.1 Å². The third-order valence-corrected chi connectivity index (χ3v) is 4.72. The number of nitriles is 1. The molecule has 0 heterocycles. The molecule has 0 spiro atoms. The van der Waals surface area contributed by atoms with Gasteiger partial charge in [0.05, 0.1) is 32.9 Å². The number of hydrogen-bond donors (Lipinski definition) is 2. The molecule has 0 aliphatic rings. The fourth-order valence-electron chi connectivity index (χ4n) is 1.82. The molecule has 0 fully saturated rings. The number of nitrogens with one attached hydrogen (secondary N) is 1. The van der Waals surface area contributed by atoms with Crippen molar-refractivity contribution < 1.29 is 8.42 Å². The molecular formula is C14H12ClN3O2S. The van der Waals surface area contributed by atoms with Gasteiger partial charge >= 0.3 is 0 Å². The Balaban J connectivity index is 2.38. The average molecular weight is 322 g/mol. The maximum atomic E-state index is 12.3. The third kappa shape index (κ3) is 3.27. The van der Waals surface area contributed by atoms with Gasteiger partial charge in [0.1, 0.15) is 0 Å². The highest BCUT2D eigenvalue weighted by Crippen LogP contribution is 2.25. The van der Waals surface area contributed by atoms with Crippen LogP contribution >= 0.6 is 11.6 Å². The fourth-order valence-corrected chi connectivity index (χ4v) is 3.28. The van der Waals surface area contributed by atoms with Crippen LogP contribution in [-0.4, -0.2) is 8.42 Å². The van der Waals surface area contributed by atoms with Crippen molar-refractivity contribution in [2.75, 3.05) is 10.5 Å². The monoisotopic (exact) mass is 321 g/mol. The van der Waals surface area contributed by atoms with Crippen LogP contribution in [0.5, 0.6) is 0 Å². The van der Waals surface area contributed by atoms with Gasteiger partial charge in [0.2, 0.25) is 0 Å². The third-order valence-electron chi connectivity index (χ3n) is 2.85. The molecule has 2 rings (SSSR count). The number of sulfonamides is 1. The SMILES string of the molecule is Cc1cc(C#N)ccc1S(=O)(=O)Nc1ccc(N)c(Cl)c1. The summed E-state index contributed by atoms with van der Waals surface area (Å²) in [6.45, 7) is 1.63. The van der Waals surface area contributed by atoms with Crippen molar-refractivity contribution in [2.45, 2.75) is 11.8 Å². The minimum absolute atomic E-state index is 0.106. The lowest BCUT2D eigenvalue weighted by molar-refractivity contribution is 0.600. The summed E-state index contributed by atoms with van der Waals surface area (Å²) in [5, 5.41) is 9.08. The van der Waals surface area contributed by atoms with Crippen molar-refractivity contribution in [2.24, 2.45) is 0 Å². The number of benzene rings is 2. The van der Waals surface area contributed by atoms with Crippen LogP contribution < -0.4 is 10.5 Å². The summed E-state index contributed by atoms with van der Waals surface area (Å²) in [6, 6.07) is 10.8. The van der Waals surface area contributed by atoms with Crippen molar-refractivity contribution >= 4 is 33.0 Å². The van der Waals surface area contributed by atoms with E-state index in [0.717, 1.165) is 0 Å². The Morgan fingerprint density at radius 1 is 1.24 bits per heavy atom. The summed E-state index contributed by atoms with van der Waals surface area (Å²) in [5.74, 6) is 0. The summed E-state index contributed by atoms with van der Waals surface area (Å²) in [4.78, 5) is 0.106. The van der Waals surface area contributed by atoms with Gasteiger partial charge in [-0.25, -0.2) is 8.42 Å². The molecular weight excluding hydrogens is 310 g/mol. The molecule has 0 saturated heterocycles. The van der Waals surface area contributed by atoms with E-state index in [1.807, 2.05) is 6.07 Å². The van der Waals surface area contributed by atoms with Gasteiger partial charge in [-0.05, 0) is 48.9 Å². The van der Waals surface area contributed by atoms with Crippen molar-refractivity contribution in [3.05, 3.63) is 52.5 Å². The molecule has 108 valence electrons. The first-order valence-corrected chi connectivity index (χ1v) is 7.78. The molecule has 0 aliphatic carbocycles. The lowest BCUT2D eigenvalue weighted by Crippen LogP contribution is -2.14. The molecule has 0 bridgehead atoms. The number of anilines is 2. The number of nitrogens with zero attached hydrogens (tertiary/aromatic N) is 1. The average Bonchev–Trinajstić information content (AvgIpc) is 2.42. The van der Waals surface area contributed by atoms with Crippen LogP contribution in [0.3, 0.4) is 0 Å². The number of rotatable bonds is 3. The molecule has 0 aliphatic heterocycles. The minimum Gasteiger partial charge on any atom is -0.398 e. The van der Waals surface area contributed by atoms with E-state index in [1.54, 1.807) is 6.92 Å². The van der Waals surface area contributed by atoms with E-state index in [-0.39, 0.29) is 9.92 Å². The van der Waals surface area contributed by atoms with E-state index in [9.17, 15) is 8.42 Å². The zero-order valence-corrected chi connectivity index (χ0v) is 12.7. The highest BCUT2D eigenvalue weighted by atomic mass is 35.5. The summed E-state index contributed by atoms with van der Waals surface area (Å²) in [5.41, 5.74) is 7.16. The summed E-state index contributed by atoms with van der Waals surface area (Å²) in [6.07, 6.45) is 0. The maximum absolute atomic E-state index is 12.3. The van der Waals surface area contributed by atoms with Gasteiger partial charge in [-0.1, -0.05) is 11.6 Å². The van der Waals surface area contributed by atoms with Gasteiger partial charge in [-0.15, -0.1) is 0 Å². The molecule has 0 aromatic heterocycles. The highest BCUT2D eigenvalue weighted by molar-refractivity contribution is 7.92. The number of nitrogens with two attached hydrogens (primary N) is 1. The van der Waals surface area contributed by atoms with Gasteiger partial charge in [-0.2, -0.15) is 5.26 Å². The van der Waals surface area contributed by atoms with Crippen LogP contribution in [0.4, 0.5) is 11.4 Å². The van der Waals surface area contributed by atoms with Gasteiger partial charge in [0.25, 0.3) is 10.0 Å². The molecule has 0 saturated carbocycles. The van der Waals surface area contributed by atoms with Gasteiger partial charge in [0.15, 0.2) is 0 Å². The lowest BCUT2D eigenvalue weighted by Gasteiger charge is -2.11. The topological polar surface area (TPSA) is 96.0 Å². The number of hydrogen-bond acceptors (Lipinski definition) is 4. The molecule has 2 aromatic rings. The predicted molar refractivity (Wildman–Crippen MR) is 82.6 cm³/mol. The zero-order valence-electron chi connectivity index (χ0n) is 11.1. The summed E-state index contributed by atoms with van der Waals surface area (Å²) < 4.78 is 27.1. The number of aryl methyl sites for hydroxylation is 1. The van der Waals surface area contributed by atoms with E-state index >= 15 is 0 Å². The molecule has 7 heteroatoms. The molecule has 5 nitrogen and oxygen atoms in total. The predicted octanol–water partition coefficient (Wildman–Crippen LogP) is 2.90. The summed E-state index contributed by atoms with van der Waals surface area (Å²) >= 11 is 5.86. The van der Waals surface area contributed by atoms with E-state index in [1.165, 1.54) is 36.4 Å². The Hall–Kier alpha value is -2.23. The normalized spacial score (nSPS) is 10.9. The number of nitrogen functional groups attached to an aromatic ring is 1. The van der Waals surface area contributed by atoms with Crippen molar-refractivity contribution in [3.8, 4) is 6.07 Å². The number of halogens is 1. The van der Waals surface area contributed by atoms with Gasteiger partial charge in [0, 0.05) is 0 Å². The molecule has 0 atom stereocenters. The molecule has 0 radical (unpaired) electrons. The molecule has 2 aromatic carbocycles. The van der Waals surface area contributed by atoms with Crippen molar-refractivity contribution in [1.29, 1.82) is 5.26 Å². The standard InChI is InChI=1S/C14H12ClN3O2S/c1-9-6-10(8-16)2-5-14(9)21(19,20)18-11-3-4-13(17)12(15)7-11/h2-7,18H,17H2,1H3. The first kappa shape index (κ1) is 15.2. The van der Waals surface area contributed by atoms with Crippen LogP contribution in [0, 0.1) is 18.3 Å². The molecule has 0 unspecified atom stereocenters. The summed E-state index contributed by atoms with van der Waals surface area (Å²) in [7, 11) is -3.76. The van der Waals surface area contributed by atoms with Gasteiger partial charge < -0.3 is 5.73 Å². The second-order valence-corrected chi connectivity index (χ2v) is 6.49. The van der Waals surface area contributed by atoms with Crippen LogP contribution in [0.25, 0.3) is 0 Å².